The monoisotopic (exact) mass is 381 g/mol. The van der Waals surface area contributed by atoms with E-state index in [4.69, 9.17) is 9.29 Å². The van der Waals surface area contributed by atoms with Gasteiger partial charge in [-0.3, -0.25) is 14.7 Å². The maximum Gasteiger partial charge on any atom is 0.347 e. The van der Waals surface area contributed by atoms with Gasteiger partial charge in [-0.1, -0.05) is 0 Å². The molecule has 1 saturated heterocycles. The van der Waals surface area contributed by atoms with Crippen LogP contribution in [0.4, 0.5) is 4.79 Å². The molecule has 1 fully saturated rings. The first kappa shape index (κ1) is 19.8. The lowest BCUT2D eigenvalue weighted by Gasteiger charge is -2.36. The van der Waals surface area contributed by atoms with Gasteiger partial charge < -0.3 is 25.4 Å². The number of rotatable bonds is 7. The molecule has 0 aromatic heterocycles. The van der Waals surface area contributed by atoms with E-state index in [1.807, 2.05) is 5.32 Å². The largest absolute Gasteiger partial charge is 0.394 e. The summed E-state index contributed by atoms with van der Waals surface area (Å²) in [6.45, 7) is -1.15. The van der Waals surface area contributed by atoms with Crippen molar-refractivity contribution in [3.05, 3.63) is 0 Å². The van der Waals surface area contributed by atoms with Crippen molar-refractivity contribution in [1.29, 1.82) is 0 Å². The molecule has 6 N–H and O–H groups in total. The summed E-state index contributed by atoms with van der Waals surface area (Å²) in [6, 6.07) is -0.926. The van der Waals surface area contributed by atoms with Crippen LogP contribution in [-0.2, 0) is 19.6 Å². The average molecular weight is 381 g/mol. The lowest BCUT2D eigenvalue weighted by atomic mass is 9.78. The van der Waals surface area contributed by atoms with E-state index in [2.05, 4.69) is 10.3 Å². The Morgan fingerprint density at radius 3 is 2.52 bits per heavy atom. The highest BCUT2D eigenvalue weighted by atomic mass is 32.2. The molecule has 2 heterocycles. The number of imide groups is 1. The fourth-order valence-corrected chi connectivity index (χ4v) is 3.13. The molecule has 2 rings (SSSR count). The Morgan fingerprint density at radius 2 is 2.00 bits per heavy atom. The number of hydrogen-bond acceptors (Lipinski definition) is 9. The number of carbonyl (C=O) groups is 2. The van der Waals surface area contributed by atoms with Gasteiger partial charge in [0.2, 0.25) is 5.91 Å². The Labute approximate surface area is 142 Å². The first-order valence-electron chi connectivity index (χ1n) is 7.29. The molecular formula is C12H19N3O9S. The first-order valence-corrected chi connectivity index (χ1v) is 8.90. The molecule has 0 saturated carbocycles. The molecule has 12 nitrogen and oxygen atoms in total. The zero-order valence-electron chi connectivity index (χ0n) is 12.9. The number of amides is 3. The molecule has 0 radical (unpaired) electrons. The van der Waals surface area contributed by atoms with Gasteiger partial charge in [0.1, 0.15) is 29.8 Å². The molecule has 2 aliphatic heterocycles. The van der Waals surface area contributed by atoms with Gasteiger partial charge in [0.25, 0.3) is 10.1 Å². The number of aliphatic hydroxyl groups excluding tert-OH is 3. The average Bonchev–Trinajstić information content (AvgIpc) is 2.81. The highest BCUT2D eigenvalue weighted by Crippen LogP contribution is 2.35. The van der Waals surface area contributed by atoms with Crippen molar-refractivity contribution in [3.63, 3.8) is 0 Å². The van der Waals surface area contributed by atoms with Crippen LogP contribution in [-0.4, -0.2) is 96.3 Å². The van der Waals surface area contributed by atoms with Gasteiger partial charge in [0.05, 0.1) is 12.4 Å². The molecular weight excluding hydrogens is 362 g/mol. The number of nitrogens with one attached hydrogen (secondary N) is 2. The summed E-state index contributed by atoms with van der Waals surface area (Å²) in [5.41, 5.74) is -1.74. The van der Waals surface area contributed by atoms with Gasteiger partial charge in [-0.05, 0) is 0 Å². The van der Waals surface area contributed by atoms with E-state index in [-0.39, 0.29) is 13.1 Å². The number of hydrogen-bond donors (Lipinski definition) is 6. The van der Waals surface area contributed by atoms with Crippen LogP contribution < -0.4 is 10.6 Å². The van der Waals surface area contributed by atoms with Crippen molar-refractivity contribution in [2.45, 2.75) is 24.4 Å². The minimum absolute atomic E-state index is 0.232. The summed E-state index contributed by atoms with van der Waals surface area (Å²) in [7, 11) is -4.22. The van der Waals surface area contributed by atoms with E-state index in [0.717, 1.165) is 6.21 Å². The maximum atomic E-state index is 12.4. The molecule has 142 valence electrons. The predicted octanol–water partition coefficient (Wildman–Crippen LogP) is -3.75. The van der Waals surface area contributed by atoms with Crippen LogP contribution in [0, 0.1) is 5.41 Å². The minimum Gasteiger partial charge on any atom is -0.394 e. The maximum absolute atomic E-state index is 12.4. The molecule has 0 aromatic carbocycles. The Balaban J connectivity index is 2.23. The van der Waals surface area contributed by atoms with Gasteiger partial charge >= 0.3 is 6.03 Å². The van der Waals surface area contributed by atoms with Gasteiger partial charge in [0.15, 0.2) is 0 Å². The van der Waals surface area contributed by atoms with E-state index in [1.165, 1.54) is 0 Å². The third kappa shape index (κ3) is 4.20. The van der Waals surface area contributed by atoms with Gasteiger partial charge in [-0.2, -0.15) is 8.42 Å². The molecule has 0 bridgehead atoms. The highest BCUT2D eigenvalue weighted by molar-refractivity contribution is 7.85. The number of aliphatic imine (C=N–C) groups is 1. The third-order valence-corrected chi connectivity index (χ3v) is 4.78. The normalized spacial score (nSPS) is 35.8. The van der Waals surface area contributed by atoms with Crippen molar-refractivity contribution < 1.29 is 42.6 Å². The third-order valence-electron chi connectivity index (χ3n) is 4.06. The molecule has 13 heteroatoms. The Kier molecular flexibility index (Phi) is 5.88. The topological polar surface area (TPSA) is 195 Å². The molecule has 1 unspecified atom stereocenters. The summed E-state index contributed by atoms with van der Waals surface area (Å²) >= 11 is 0. The molecule has 0 aliphatic carbocycles. The Morgan fingerprint density at radius 1 is 1.32 bits per heavy atom. The van der Waals surface area contributed by atoms with Crippen molar-refractivity contribution in [3.8, 4) is 0 Å². The second-order valence-electron chi connectivity index (χ2n) is 5.78. The van der Waals surface area contributed by atoms with Crippen molar-refractivity contribution in [2.24, 2.45) is 10.4 Å². The second kappa shape index (κ2) is 7.41. The summed E-state index contributed by atoms with van der Waals surface area (Å²) < 4.78 is 35.6. The summed E-state index contributed by atoms with van der Waals surface area (Å²) in [4.78, 5) is 27.1. The molecule has 0 spiro atoms. The van der Waals surface area contributed by atoms with Crippen LogP contribution in [0.2, 0.25) is 0 Å². The molecule has 3 amide bonds. The van der Waals surface area contributed by atoms with Crippen LogP contribution in [0.3, 0.4) is 0 Å². The highest BCUT2D eigenvalue weighted by Gasteiger charge is 2.57. The lowest BCUT2D eigenvalue weighted by molar-refractivity contribution is -0.137. The van der Waals surface area contributed by atoms with Gasteiger partial charge in [0, 0.05) is 19.3 Å². The second-order valence-corrected chi connectivity index (χ2v) is 7.35. The molecule has 0 aromatic rings. The predicted molar refractivity (Wildman–Crippen MR) is 81.5 cm³/mol. The number of urea groups is 1. The fraction of sp³-hybridized carbons (Fsp3) is 0.750. The zero-order chi connectivity index (χ0) is 18.8. The van der Waals surface area contributed by atoms with Crippen LogP contribution in [0.15, 0.2) is 4.99 Å². The Hall–Kier alpha value is -1.48. The molecule has 2 aliphatic rings. The van der Waals surface area contributed by atoms with E-state index in [9.17, 15) is 33.3 Å². The summed E-state index contributed by atoms with van der Waals surface area (Å²) in [6.07, 6.45) is -4.58. The lowest BCUT2D eigenvalue weighted by Crippen LogP contribution is -2.61. The van der Waals surface area contributed by atoms with Crippen LogP contribution >= 0.6 is 0 Å². The van der Waals surface area contributed by atoms with E-state index in [0.29, 0.717) is 0 Å². The quantitative estimate of drug-likeness (QED) is 0.188. The number of ether oxygens (including phenoxy) is 1. The first-order chi connectivity index (χ1) is 11.6. The van der Waals surface area contributed by atoms with Crippen molar-refractivity contribution >= 4 is 28.3 Å². The van der Waals surface area contributed by atoms with Gasteiger partial charge in [-0.15, -0.1) is 0 Å². The van der Waals surface area contributed by atoms with Crippen LogP contribution in [0.25, 0.3) is 0 Å². The summed E-state index contributed by atoms with van der Waals surface area (Å²) in [5, 5.41) is 33.8. The van der Waals surface area contributed by atoms with Gasteiger partial charge in [-0.25, -0.2) is 9.79 Å². The molecule has 25 heavy (non-hydrogen) atoms. The fourth-order valence-electron chi connectivity index (χ4n) is 2.73. The van der Waals surface area contributed by atoms with Crippen molar-refractivity contribution in [1.82, 2.24) is 10.6 Å². The molecule has 5 atom stereocenters. The number of aliphatic hydroxyl groups is 3. The van der Waals surface area contributed by atoms with Crippen molar-refractivity contribution in [2.75, 3.05) is 25.4 Å². The Bertz CT molecular complexity index is 667. The summed E-state index contributed by atoms with van der Waals surface area (Å²) in [5.74, 6) is -1.50. The van der Waals surface area contributed by atoms with E-state index in [1.54, 1.807) is 0 Å². The van der Waals surface area contributed by atoms with Crippen LogP contribution in [0.5, 0.6) is 0 Å². The standard InChI is InChI=1S/C12H19N3O9S/c16-3-6-7(17)8(18)9(24-6)12(4-13-1-2-25(21,22)23)5-14-11(20)15-10(12)19/h5-9,13,16-18H,1-4H2,(H,15,19,20)(H,21,22,23)/t6-,7-,8-,9-,12?/m1/s1. The van der Waals surface area contributed by atoms with E-state index >= 15 is 0 Å². The smallest absolute Gasteiger partial charge is 0.347 e. The SMILES string of the molecule is O=C1N=CC(CNCCS(=O)(=O)O)([C@@H]2O[C@H](CO)[C@@H](O)[C@H]2O)C(=O)N1. The van der Waals surface area contributed by atoms with E-state index < -0.39 is 64.2 Å². The zero-order valence-corrected chi connectivity index (χ0v) is 13.7. The van der Waals surface area contributed by atoms with Crippen LogP contribution in [0.1, 0.15) is 0 Å². The number of carbonyl (C=O) groups excluding carboxylic acids is 2. The number of nitrogens with zero attached hydrogens (tertiary/aromatic N) is 1. The minimum atomic E-state index is -4.22.